The average Bonchev–Trinajstić information content (AvgIpc) is 2.71. The number of likely N-dealkylation sites (tertiary alicyclic amines) is 1. The Morgan fingerprint density at radius 1 is 1.20 bits per heavy atom. The molecule has 1 saturated carbocycles. The molecule has 1 aliphatic carbocycles. The fourth-order valence-electron chi connectivity index (χ4n) is 3.35. The second kappa shape index (κ2) is 4.12. The molecule has 1 N–H and O–H groups in total. The predicted molar refractivity (Wildman–Crippen MR) is 58.7 cm³/mol. The van der Waals surface area contributed by atoms with Gasteiger partial charge in [-0.1, -0.05) is 20.3 Å². The molecule has 0 aromatic rings. The van der Waals surface area contributed by atoms with Crippen LogP contribution >= 0.6 is 0 Å². The number of carboxylic acids is 1. The van der Waals surface area contributed by atoms with Gasteiger partial charge >= 0.3 is 5.97 Å². The summed E-state index contributed by atoms with van der Waals surface area (Å²) in [6, 6.07) is 0.298. The van der Waals surface area contributed by atoms with E-state index in [-0.39, 0.29) is 6.04 Å². The number of hydrogen-bond acceptors (Lipinski definition) is 2. The van der Waals surface area contributed by atoms with E-state index in [0.717, 1.165) is 13.0 Å². The molecule has 86 valence electrons. The Balaban J connectivity index is 2.11. The predicted octanol–water partition coefficient (Wildman–Crippen LogP) is 1.97. The van der Waals surface area contributed by atoms with Gasteiger partial charge in [0, 0.05) is 6.04 Å². The Labute approximate surface area is 91.5 Å². The van der Waals surface area contributed by atoms with Crippen LogP contribution in [-0.2, 0) is 4.79 Å². The van der Waals surface area contributed by atoms with Crippen molar-refractivity contribution in [3.8, 4) is 0 Å². The lowest BCUT2D eigenvalue weighted by Crippen LogP contribution is -2.46. The maximum atomic E-state index is 11.2. The molecule has 3 heteroatoms. The van der Waals surface area contributed by atoms with E-state index in [1.807, 2.05) is 0 Å². The lowest BCUT2D eigenvalue weighted by molar-refractivity contribution is -0.144. The van der Waals surface area contributed by atoms with Gasteiger partial charge in [0.05, 0.1) is 0 Å². The van der Waals surface area contributed by atoms with Gasteiger partial charge < -0.3 is 5.11 Å². The molecule has 15 heavy (non-hydrogen) atoms. The van der Waals surface area contributed by atoms with Crippen molar-refractivity contribution >= 4 is 5.97 Å². The summed E-state index contributed by atoms with van der Waals surface area (Å²) in [6.07, 6.45) is 4.77. The molecule has 0 radical (unpaired) electrons. The highest BCUT2D eigenvalue weighted by Crippen LogP contribution is 2.36. The Morgan fingerprint density at radius 3 is 2.47 bits per heavy atom. The maximum Gasteiger partial charge on any atom is 0.321 e. The van der Waals surface area contributed by atoms with Gasteiger partial charge in [0.1, 0.15) is 6.04 Å². The van der Waals surface area contributed by atoms with Crippen LogP contribution in [0.3, 0.4) is 0 Å². The van der Waals surface area contributed by atoms with E-state index >= 15 is 0 Å². The SMILES string of the molecule is CC1CCCC1N1CCC(C)C1C(=O)O. The summed E-state index contributed by atoms with van der Waals surface area (Å²) >= 11 is 0. The standard InChI is InChI=1S/C12H21NO2/c1-8-4-3-5-10(8)13-7-6-9(2)11(13)12(14)15/h8-11H,3-7H2,1-2H3,(H,14,15). The molecule has 3 nitrogen and oxygen atoms in total. The van der Waals surface area contributed by atoms with E-state index in [1.165, 1.54) is 19.3 Å². The largest absolute Gasteiger partial charge is 0.480 e. The minimum atomic E-state index is -0.626. The normalized spacial score (nSPS) is 42.3. The molecule has 0 bridgehead atoms. The molecule has 0 aromatic carbocycles. The Kier molecular flexibility index (Phi) is 3.01. The van der Waals surface area contributed by atoms with Crippen LogP contribution in [0.1, 0.15) is 39.5 Å². The number of rotatable bonds is 2. The molecular weight excluding hydrogens is 190 g/mol. The van der Waals surface area contributed by atoms with Crippen LogP contribution < -0.4 is 0 Å². The molecular formula is C12H21NO2. The van der Waals surface area contributed by atoms with Crippen molar-refractivity contribution < 1.29 is 9.90 Å². The molecule has 2 rings (SSSR count). The van der Waals surface area contributed by atoms with Crippen molar-refractivity contribution in [2.24, 2.45) is 11.8 Å². The summed E-state index contributed by atoms with van der Waals surface area (Å²) in [6.45, 7) is 5.31. The summed E-state index contributed by atoms with van der Waals surface area (Å²) in [5, 5.41) is 9.26. The molecule has 0 spiro atoms. The molecule has 4 unspecified atom stereocenters. The average molecular weight is 211 g/mol. The van der Waals surface area contributed by atoms with E-state index in [0.29, 0.717) is 17.9 Å². The second-order valence-electron chi connectivity index (χ2n) is 5.26. The summed E-state index contributed by atoms with van der Waals surface area (Å²) in [7, 11) is 0. The van der Waals surface area contributed by atoms with Gasteiger partial charge in [-0.25, -0.2) is 0 Å². The number of carboxylic acid groups (broad SMARTS) is 1. The first-order chi connectivity index (χ1) is 7.11. The fraction of sp³-hybridized carbons (Fsp3) is 0.917. The van der Waals surface area contributed by atoms with E-state index in [1.54, 1.807) is 0 Å². The lowest BCUT2D eigenvalue weighted by atomic mass is 10.00. The Hall–Kier alpha value is -0.570. The number of nitrogens with zero attached hydrogens (tertiary/aromatic N) is 1. The molecule has 1 saturated heterocycles. The van der Waals surface area contributed by atoms with Crippen LogP contribution in [-0.4, -0.2) is 34.6 Å². The zero-order chi connectivity index (χ0) is 11.0. The molecule has 1 heterocycles. The van der Waals surface area contributed by atoms with E-state index in [9.17, 15) is 9.90 Å². The van der Waals surface area contributed by atoms with Crippen LogP contribution in [0.15, 0.2) is 0 Å². The number of hydrogen-bond donors (Lipinski definition) is 1. The monoisotopic (exact) mass is 211 g/mol. The fourth-order valence-corrected chi connectivity index (χ4v) is 3.35. The zero-order valence-corrected chi connectivity index (χ0v) is 9.65. The van der Waals surface area contributed by atoms with Gasteiger partial charge in [0.25, 0.3) is 0 Å². The van der Waals surface area contributed by atoms with Crippen LogP contribution in [0, 0.1) is 11.8 Å². The summed E-state index contributed by atoms with van der Waals surface area (Å²) in [5.74, 6) is 0.367. The summed E-state index contributed by atoms with van der Waals surface area (Å²) < 4.78 is 0. The maximum absolute atomic E-state index is 11.2. The van der Waals surface area contributed by atoms with Crippen LogP contribution in [0.25, 0.3) is 0 Å². The van der Waals surface area contributed by atoms with Gasteiger partial charge in [-0.3, -0.25) is 9.69 Å². The highest BCUT2D eigenvalue weighted by molar-refractivity contribution is 5.74. The summed E-state index contributed by atoms with van der Waals surface area (Å²) in [5.41, 5.74) is 0. The smallest absolute Gasteiger partial charge is 0.321 e. The van der Waals surface area contributed by atoms with E-state index < -0.39 is 5.97 Å². The van der Waals surface area contributed by atoms with Gasteiger partial charge in [-0.05, 0) is 37.6 Å². The van der Waals surface area contributed by atoms with Crippen molar-refractivity contribution in [2.45, 2.75) is 51.6 Å². The van der Waals surface area contributed by atoms with Crippen molar-refractivity contribution in [2.75, 3.05) is 6.54 Å². The first-order valence-corrected chi connectivity index (χ1v) is 6.10. The number of aliphatic carboxylic acids is 1. The summed E-state index contributed by atoms with van der Waals surface area (Å²) in [4.78, 5) is 13.5. The Bertz CT molecular complexity index is 254. The first kappa shape index (κ1) is 10.9. The molecule has 2 fully saturated rings. The molecule has 1 aliphatic heterocycles. The molecule has 4 atom stereocenters. The molecule has 2 aliphatic rings. The van der Waals surface area contributed by atoms with E-state index in [2.05, 4.69) is 18.7 Å². The third-order valence-corrected chi connectivity index (χ3v) is 4.23. The topological polar surface area (TPSA) is 40.5 Å². The lowest BCUT2D eigenvalue weighted by Gasteiger charge is -2.32. The second-order valence-corrected chi connectivity index (χ2v) is 5.26. The third kappa shape index (κ3) is 1.89. The molecule has 0 aromatic heterocycles. The molecule has 0 amide bonds. The van der Waals surface area contributed by atoms with Crippen LogP contribution in [0.2, 0.25) is 0 Å². The van der Waals surface area contributed by atoms with Crippen molar-refractivity contribution in [3.05, 3.63) is 0 Å². The highest BCUT2D eigenvalue weighted by Gasteiger charge is 2.42. The van der Waals surface area contributed by atoms with Gasteiger partial charge in [0.2, 0.25) is 0 Å². The Morgan fingerprint density at radius 2 is 1.93 bits per heavy atom. The van der Waals surface area contributed by atoms with Gasteiger partial charge in [-0.15, -0.1) is 0 Å². The van der Waals surface area contributed by atoms with Crippen LogP contribution in [0.4, 0.5) is 0 Å². The van der Waals surface area contributed by atoms with E-state index in [4.69, 9.17) is 0 Å². The highest BCUT2D eigenvalue weighted by atomic mass is 16.4. The zero-order valence-electron chi connectivity index (χ0n) is 9.65. The minimum Gasteiger partial charge on any atom is -0.480 e. The number of carbonyl (C=O) groups is 1. The van der Waals surface area contributed by atoms with Crippen molar-refractivity contribution in [1.82, 2.24) is 4.90 Å². The minimum absolute atomic E-state index is 0.226. The third-order valence-electron chi connectivity index (χ3n) is 4.23. The van der Waals surface area contributed by atoms with Crippen molar-refractivity contribution in [1.29, 1.82) is 0 Å². The van der Waals surface area contributed by atoms with Crippen molar-refractivity contribution in [3.63, 3.8) is 0 Å². The van der Waals surface area contributed by atoms with Gasteiger partial charge in [0.15, 0.2) is 0 Å². The van der Waals surface area contributed by atoms with Gasteiger partial charge in [-0.2, -0.15) is 0 Å². The van der Waals surface area contributed by atoms with Crippen LogP contribution in [0.5, 0.6) is 0 Å². The quantitative estimate of drug-likeness (QED) is 0.759. The first-order valence-electron chi connectivity index (χ1n) is 6.10.